The van der Waals surface area contributed by atoms with Crippen molar-refractivity contribution in [3.63, 3.8) is 0 Å². The first kappa shape index (κ1) is 32.5. The highest BCUT2D eigenvalue weighted by Crippen LogP contribution is 2.30. The van der Waals surface area contributed by atoms with Gasteiger partial charge in [0.15, 0.2) is 5.82 Å². The third-order valence-electron chi connectivity index (χ3n) is 8.05. The number of anilines is 1. The molecule has 1 aliphatic heterocycles. The monoisotopic (exact) mass is 610 g/mol. The van der Waals surface area contributed by atoms with Crippen LogP contribution in [0, 0.1) is 16.7 Å². The van der Waals surface area contributed by atoms with Crippen LogP contribution in [0.5, 0.6) is 0 Å². The van der Waals surface area contributed by atoms with Gasteiger partial charge in [0.25, 0.3) is 0 Å². The molecule has 2 fully saturated rings. The maximum atomic E-state index is 9.78. The van der Waals surface area contributed by atoms with Crippen molar-refractivity contribution in [3.05, 3.63) is 46.6 Å². The van der Waals surface area contributed by atoms with Crippen molar-refractivity contribution in [1.82, 2.24) is 35.8 Å². The van der Waals surface area contributed by atoms with E-state index in [-0.39, 0.29) is 12.1 Å². The zero-order valence-electron chi connectivity index (χ0n) is 25.4. The first-order valence-electron chi connectivity index (χ1n) is 14.9. The summed E-state index contributed by atoms with van der Waals surface area (Å²) >= 11 is 6.56. The molecule has 3 N–H and O–H groups in total. The molecule has 2 aliphatic rings. The third kappa shape index (κ3) is 9.56. The van der Waals surface area contributed by atoms with Gasteiger partial charge in [0, 0.05) is 55.5 Å². The molecule has 0 radical (unpaired) electrons. The lowest BCUT2D eigenvalue weighted by molar-refractivity contribution is 0.0455. The quantitative estimate of drug-likeness (QED) is 0.212. The Morgan fingerprint density at radius 2 is 2.05 bits per heavy atom. The Hall–Kier alpha value is -3.37. The van der Waals surface area contributed by atoms with Crippen LogP contribution in [0.1, 0.15) is 63.9 Å². The number of allylic oxidation sites excluding steroid dienone is 3. The van der Waals surface area contributed by atoms with Crippen molar-refractivity contribution >= 4 is 29.7 Å². The van der Waals surface area contributed by atoms with E-state index in [1.807, 2.05) is 31.2 Å². The van der Waals surface area contributed by atoms with Crippen molar-refractivity contribution in [3.8, 4) is 6.07 Å². The van der Waals surface area contributed by atoms with Crippen molar-refractivity contribution in [1.29, 1.82) is 5.26 Å². The number of tetrazole rings is 1. The van der Waals surface area contributed by atoms with Gasteiger partial charge in [-0.3, -0.25) is 0 Å². The summed E-state index contributed by atoms with van der Waals surface area (Å²) in [5.41, 5.74) is 1.04. The second kappa shape index (κ2) is 15.9. The second-order valence-corrected chi connectivity index (χ2v) is 12.0. The Balaban J connectivity index is 1.28. The predicted molar refractivity (Wildman–Crippen MR) is 167 cm³/mol. The van der Waals surface area contributed by atoms with Crippen molar-refractivity contribution in [2.75, 3.05) is 31.7 Å². The van der Waals surface area contributed by atoms with Crippen LogP contribution in [0.15, 0.2) is 40.1 Å². The largest absolute Gasteiger partial charge is 0.381 e. The summed E-state index contributed by atoms with van der Waals surface area (Å²) in [6.07, 6.45) is 7.42. The van der Waals surface area contributed by atoms with Crippen molar-refractivity contribution in [2.24, 2.45) is 17.5 Å². The zero-order chi connectivity index (χ0) is 30.7. The molecular formula is C30H43ClN10O2. The van der Waals surface area contributed by atoms with Gasteiger partial charge in [-0.05, 0) is 87.7 Å². The van der Waals surface area contributed by atoms with Gasteiger partial charge in [0.1, 0.15) is 18.2 Å². The van der Waals surface area contributed by atoms with Crippen LogP contribution in [-0.2, 0) is 23.1 Å². The Bertz CT molecular complexity index is 1300. The molecule has 1 aliphatic carbocycles. The van der Waals surface area contributed by atoms with Crippen LogP contribution in [0.4, 0.5) is 5.82 Å². The lowest BCUT2D eigenvalue weighted by Gasteiger charge is -2.32. The number of pyridine rings is 1. The summed E-state index contributed by atoms with van der Waals surface area (Å²) in [5, 5.41) is 32.4. The van der Waals surface area contributed by atoms with Gasteiger partial charge in [-0.25, -0.2) is 14.7 Å². The number of aliphatic imine (C=N–C) groups is 1. The average Bonchev–Trinajstić information content (AvgIpc) is 3.43. The van der Waals surface area contributed by atoms with Crippen molar-refractivity contribution < 1.29 is 9.47 Å². The Labute approximate surface area is 259 Å². The van der Waals surface area contributed by atoms with Crippen LogP contribution in [0.3, 0.4) is 0 Å². The Morgan fingerprint density at radius 1 is 1.30 bits per heavy atom. The van der Waals surface area contributed by atoms with E-state index in [9.17, 15) is 5.26 Å². The van der Waals surface area contributed by atoms with E-state index in [2.05, 4.69) is 56.2 Å². The number of ether oxygens (including phenoxy) is 2. The fourth-order valence-electron chi connectivity index (χ4n) is 5.41. The van der Waals surface area contributed by atoms with Gasteiger partial charge >= 0.3 is 0 Å². The molecule has 0 spiro atoms. The summed E-state index contributed by atoms with van der Waals surface area (Å²) in [4.78, 5) is 9.06. The molecule has 2 aromatic heterocycles. The SMILES string of the molecule is C=N/C(=C\C(=C(/C)Cl)c1cccc(NCC2(C#N)CCOCC2)n1)N[C@H]1CC[C@H](N[C@@H](C)COCc2nnnn2C)CC1. The molecule has 1 atom stereocenters. The van der Waals surface area contributed by atoms with Gasteiger partial charge in [0.05, 0.1) is 23.8 Å². The predicted octanol–water partition coefficient (Wildman–Crippen LogP) is 3.94. The van der Waals surface area contributed by atoms with E-state index in [1.165, 1.54) is 0 Å². The van der Waals surface area contributed by atoms with E-state index in [0.717, 1.165) is 37.0 Å². The molecule has 232 valence electrons. The number of hydrogen-bond acceptors (Lipinski definition) is 11. The van der Waals surface area contributed by atoms with Gasteiger partial charge < -0.3 is 25.4 Å². The minimum absolute atomic E-state index is 0.222. The van der Waals surface area contributed by atoms with Crippen LogP contribution in [0.25, 0.3) is 5.57 Å². The first-order chi connectivity index (χ1) is 20.8. The highest BCUT2D eigenvalue weighted by molar-refractivity contribution is 6.32. The summed E-state index contributed by atoms with van der Waals surface area (Å²) in [6.45, 7) is 10.5. The maximum absolute atomic E-state index is 9.78. The highest BCUT2D eigenvalue weighted by atomic mass is 35.5. The fourth-order valence-corrected chi connectivity index (χ4v) is 5.57. The molecule has 2 aromatic rings. The van der Waals surface area contributed by atoms with E-state index in [0.29, 0.717) is 74.4 Å². The standard InChI is InChI=1S/C30H43ClN10O2/c1-21(17-43-18-29-38-39-40-41(29)4)35-23-8-10-24(11-9-23)36-28(33-3)16-25(22(2)31)26-6-5-7-27(37-26)34-20-30(19-32)12-14-42-15-13-30/h5-7,16,21,23-24,35-36H,3,8-15,17-18,20H2,1-2,4H3,(H,34,37)/b25-22-,28-16+/t21-,23-,24-/m0/s1. The molecule has 0 bridgehead atoms. The van der Waals surface area contributed by atoms with Gasteiger partial charge in [0.2, 0.25) is 0 Å². The lowest BCUT2D eigenvalue weighted by Crippen LogP contribution is -2.44. The summed E-state index contributed by atoms with van der Waals surface area (Å²) in [6, 6.07) is 9.18. The molecule has 0 amide bonds. The van der Waals surface area contributed by atoms with Crippen LogP contribution in [-0.4, -0.2) is 76.4 Å². The molecule has 4 rings (SSSR count). The molecule has 1 saturated heterocycles. The minimum atomic E-state index is -0.448. The van der Waals surface area contributed by atoms with Gasteiger partial charge in [-0.2, -0.15) is 5.26 Å². The molecule has 0 unspecified atom stereocenters. The van der Waals surface area contributed by atoms with E-state index >= 15 is 0 Å². The lowest BCUT2D eigenvalue weighted by atomic mass is 9.82. The number of rotatable bonds is 14. The first-order valence-corrected chi connectivity index (χ1v) is 15.3. The smallest absolute Gasteiger partial charge is 0.176 e. The van der Waals surface area contributed by atoms with Gasteiger partial charge in [-0.15, -0.1) is 5.10 Å². The molecular weight excluding hydrogens is 568 g/mol. The van der Waals surface area contributed by atoms with E-state index < -0.39 is 5.41 Å². The van der Waals surface area contributed by atoms with E-state index in [1.54, 1.807) is 11.7 Å². The Kier molecular flexibility index (Phi) is 12.0. The van der Waals surface area contributed by atoms with Crippen LogP contribution < -0.4 is 16.0 Å². The number of nitrogens with one attached hydrogen (secondary N) is 3. The third-order valence-corrected chi connectivity index (χ3v) is 8.25. The number of nitrogens with zero attached hydrogens (tertiary/aromatic N) is 7. The summed E-state index contributed by atoms with van der Waals surface area (Å²) < 4.78 is 12.9. The molecule has 3 heterocycles. The molecule has 12 nitrogen and oxygen atoms in total. The summed E-state index contributed by atoms with van der Waals surface area (Å²) in [5.74, 6) is 2.07. The Morgan fingerprint density at radius 3 is 2.70 bits per heavy atom. The van der Waals surface area contributed by atoms with Crippen LogP contribution in [0.2, 0.25) is 0 Å². The second-order valence-electron chi connectivity index (χ2n) is 11.4. The summed E-state index contributed by atoms with van der Waals surface area (Å²) in [7, 11) is 1.80. The number of halogens is 1. The normalized spacial score (nSPS) is 21.8. The van der Waals surface area contributed by atoms with Crippen LogP contribution >= 0.6 is 11.6 Å². The fraction of sp³-hybridized carbons (Fsp3) is 0.600. The zero-order valence-corrected chi connectivity index (χ0v) is 26.1. The topological polar surface area (TPSA) is 147 Å². The molecule has 1 saturated carbocycles. The number of nitriles is 1. The molecule has 0 aromatic carbocycles. The maximum Gasteiger partial charge on any atom is 0.176 e. The number of hydrogen-bond donors (Lipinski definition) is 3. The molecule has 43 heavy (non-hydrogen) atoms. The van der Waals surface area contributed by atoms with Gasteiger partial charge in [-0.1, -0.05) is 17.7 Å². The average molecular weight is 611 g/mol. The van der Waals surface area contributed by atoms with Crippen molar-refractivity contribution in [2.45, 2.75) is 77.1 Å². The minimum Gasteiger partial charge on any atom is -0.381 e. The number of aromatic nitrogens is 5. The molecule has 13 heteroatoms. The highest BCUT2D eigenvalue weighted by Gasteiger charge is 2.32. The van der Waals surface area contributed by atoms with E-state index in [4.69, 9.17) is 26.1 Å². The number of aryl methyl sites for hydroxylation is 1.